The number of unbranched alkanes of at least 4 members (excludes halogenated alkanes) is 1. The molecule has 0 aromatic carbocycles. The SMILES string of the molecule is CCOC(=O)NCCCCC(NC(=O)CC)C(=O)NCCNC(=O)CCN1C(=O)CC(NC)C1=O. The molecule has 13 heteroatoms. The van der Waals surface area contributed by atoms with E-state index < -0.39 is 18.2 Å². The van der Waals surface area contributed by atoms with E-state index in [-0.39, 0.29) is 75.0 Å². The number of hydrogen-bond donors (Lipinski definition) is 5. The maximum atomic E-state index is 12.5. The molecule has 0 bridgehead atoms. The second kappa shape index (κ2) is 16.4. The summed E-state index contributed by atoms with van der Waals surface area (Å²) in [6.07, 6.45) is 1.38. The zero-order valence-corrected chi connectivity index (χ0v) is 20.7. The molecular weight excluding hydrogens is 460 g/mol. The number of amides is 6. The van der Waals surface area contributed by atoms with Crippen molar-refractivity contribution < 1.29 is 33.5 Å². The summed E-state index contributed by atoms with van der Waals surface area (Å²) in [5.74, 6) is -1.63. The van der Waals surface area contributed by atoms with E-state index in [0.29, 0.717) is 25.8 Å². The number of nitrogens with one attached hydrogen (secondary N) is 5. The van der Waals surface area contributed by atoms with Gasteiger partial charge in [0.15, 0.2) is 0 Å². The third-order valence-electron chi connectivity index (χ3n) is 5.34. The van der Waals surface area contributed by atoms with E-state index in [4.69, 9.17) is 4.74 Å². The molecule has 0 aromatic heterocycles. The quantitative estimate of drug-likeness (QED) is 0.130. The van der Waals surface area contributed by atoms with Gasteiger partial charge < -0.3 is 31.3 Å². The third-order valence-corrected chi connectivity index (χ3v) is 5.34. The molecule has 1 aliphatic heterocycles. The Morgan fingerprint density at radius 3 is 2.34 bits per heavy atom. The van der Waals surface area contributed by atoms with Crippen molar-refractivity contribution in [3.05, 3.63) is 0 Å². The van der Waals surface area contributed by atoms with Crippen molar-refractivity contribution in [1.29, 1.82) is 0 Å². The van der Waals surface area contributed by atoms with Crippen molar-refractivity contribution in [2.24, 2.45) is 0 Å². The fourth-order valence-corrected chi connectivity index (χ4v) is 3.37. The number of likely N-dealkylation sites (tertiary alicyclic amines) is 1. The van der Waals surface area contributed by atoms with Crippen LogP contribution in [0, 0.1) is 0 Å². The van der Waals surface area contributed by atoms with Gasteiger partial charge in [0.2, 0.25) is 29.5 Å². The smallest absolute Gasteiger partial charge is 0.407 e. The predicted octanol–water partition coefficient (Wildman–Crippen LogP) is -1.23. The second-order valence-electron chi connectivity index (χ2n) is 7.94. The molecule has 0 aromatic rings. The minimum absolute atomic E-state index is 0.00415. The van der Waals surface area contributed by atoms with Crippen LogP contribution in [0.4, 0.5) is 4.79 Å². The van der Waals surface area contributed by atoms with Crippen LogP contribution in [-0.2, 0) is 28.7 Å². The van der Waals surface area contributed by atoms with Gasteiger partial charge in [-0.15, -0.1) is 0 Å². The van der Waals surface area contributed by atoms with Crippen LogP contribution < -0.4 is 26.6 Å². The van der Waals surface area contributed by atoms with E-state index in [0.717, 1.165) is 4.90 Å². The molecule has 6 amide bonds. The highest BCUT2D eigenvalue weighted by molar-refractivity contribution is 6.05. The Balaban J connectivity index is 2.33. The van der Waals surface area contributed by atoms with E-state index in [9.17, 15) is 28.8 Å². The summed E-state index contributed by atoms with van der Waals surface area (Å²) in [5.41, 5.74) is 0. The van der Waals surface area contributed by atoms with Crippen molar-refractivity contribution in [2.45, 2.75) is 64.5 Å². The Bertz CT molecular complexity index is 761. The fraction of sp³-hybridized carbons (Fsp3) is 0.727. The largest absolute Gasteiger partial charge is 0.450 e. The van der Waals surface area contributed by atoms with Crippen LogP contribution in [0.15, 0.2) is 0 Å². The molecular formula is C22H38N6O7. The first-order valence-electron chi connectivity index (χ1n) is 12.0. The number of carbonyl (C=O) groups is 6. The van der Waals surface area contributed by atoms with Gasteiger partial charge in [0, 0.05) is 39.0 Å². The zero-order chi connectivity index (χ0) is 26.2. The average molecular weight is 499 g/mol. The number of rotatable bonds is 16. The van der Waals surface area contributed by atoms with Crippen LogP contribution in [0.5, 0.6) is 0 Å². The maximum absolute atomic E-state index is 12.5. The first-order chi connectivity index (χ1) is 16.7. The molecule has 1 heterocycles. The number of imide groups is 1. The number of alkyl carbamates (subject to hydrolysis) is 1. The summed E-state index contributed by atoms with van der Waals surface area (Å²) in [5, 5.41) is 13.4. The second-order valence-corrected chi connectivity index (χ2v) is 7.94. The van der Waals surface area contributed by atoms with Crippen LogP contribution in [0.25, 0.3) is 0 Å². The van der Waals surface area contributed by atoms with E-state index in [2.05, 4.69) is 26.6 Å². The molecule has 5 N–H and O–H groups in total. The van der Waals surface area contributed by atoms with Gasteiger partial charge in [-0.25, -0.2) is 4.79 Å². The normalized spacial score (nSPS) is 16.0. The van der Waals surface area contributed by atoms with Crippen LogP contribution in [0.3, 0.4) is 0 Å². The molecule has 1 aliphatic rings. The van der Waals surface area contributed by atoms with Crippen molar-refractivity contribution >= 4 is 35.6 Å². The van der Waals surface area contributed by atoms with Gasteiger partial charge in [0.05, 0.1) is 19.1 Å². The molecule has 1 saturated heterocycles. The Morgan fingerprint density at radius 1 is 1.00 bits per heavy atom. The average Bonchev–Trinajstić information content (AvgIpc) is 3.11. The molecule has 1 fully saturated rings. The molecule has 35 heavy (non-hydrogen) atoms. The Morgan fingerprint density at radius 2 is 1.71 bits per heavy atom. The van der Waals surface area contributed by atoms with Crippen molar-refractivity contribution in [2.75, 3.05) is 39.8 Å². The summed E-state index contributed by atoms with van der Waals surface area (Å²) in [6, 6.07) is -1.27. The van der Waals surface area contributed by atoms with Crippen LogP contribution in [-0.4, -0.2) is 92.4 Å². The lowest BCUT2D eigenvalue weighted by Crippen LogP contribution is -2.48. The number of ether oxygens (including phenoxy) is 1. The molecule has 0 spiro atoms. The number of nitrogens with zero attached hydrogens (tertiary/aromatic N) is 1. The van der Waals surface area contributed by atoms with E-state index in [1.165, 1.54) is 0 Å². The Hall–Kier alpha value is -3.22. The standard InChI is InChI=1S/C22H38N6O7/c1-4-17(29)27-15(8-6-7-10-26-22(34)35-5-2)20(32)25-12-11-24-18(30)9-13-28-19(31)14-16(23-3)21(28)33/h15-16,23H,4-14H2,1-3H3,(H,24,30)(H,25,32)(H,26,34)(H,27,29). The number of carbonyl (C=O) groups excluding carboxylic acids is 6. The van der Waals surface area contributed by atoms with E-state index >= 15 is 0 Å². The van der Waals surface area contributed by atoms with Crippen molar-refractivity contribution in [3.8, 4) is 0 Å². The number of hydrogen-bond acceptors (Lipinski definition) is 8. The fourth-order valence-electron chi connectivity index (χ4n) is 3.37. The molecule has 13 nitrogen and oxygen atoms in total. The molecule has 2 unspecified atom stereocenters. The molecule has 0 radical (unpaired) electrons. The highest BCUT2D eigenvalue weighted by Gasteiger charge is 2.37. The summed E-state index contributed by atoms with van der Waals surface area (Å²) in [7, 11) is 1.60. The summed E-state index contributed by atoms with van der Waals surface area (Å²) in [4.78, 5) is 72.6. The van der Waals surface area contributed by atoms with Crippen LogP contribution >= 0.6 is 0 Å². The molecule has 0 saturated carbocycles. The lowest BCUT2D eigenvalue weighted by molar-refractivity contribution is -0.139. The number of likely N-dealkylation sites (N-methyl/N-ethyl adjacent to an activating group) is 1. The summed E-state index contributed by atoms with van der Waals surface area (Å²) >= 11 is 0. The van der Waals surface area contributed by atoms with Gasteiger partial charge in [-0.3, -0.25) is 28.9 Å². The summed E-state index contributed by atoms with van der Waals surface area (Å²) < 4.78 is 4.77. The van der Waals surface area contributed by atoms with E-state index in [1.54, 1.807) is 20.9 Å². The first kappa shape index (κ1) is 29.8. The Labute approximate surface area is 205 Å². The van der Waals surface area contributed by atoms with Gasteiger partial charge in [-0.1, -0.05) is 6.92 Å². The monoisotopic (exact) mass is 498 g/mol. The lowest BCUT2D eigenvalue weighted by atomic mass is 10.1. The molecule has 198 valence electrons. The molecule has 2 atom stereocenters. The Kier molecular flexibility index (Phi) is 14.0. The van der Waals surface area contributed by atoms with Crippen molar-refractivity contribution in [3.63, 3.8) is 0 Å². The molecule has 0 aliphatic carbocycles. The van der Waals surface area contributed by atoms with Crippen LogP contribution in [0.1, 0.15) is 52.4 Å². The van der Waals surface area contributed by atoms with Gasteiger partial charge in [0.1, 0.15) is 6.04 Å². The topological polar surface area (TPSA) is 175 Å². The predicted molar refractivity (Wildman–Crippen MR) is 126 cm³/mol. The minimum Gasteiger partial charge on any atom is -0.450 e. The summed E-state index contributed by atoms with van der Waals surface area (Å²) in [6.45, 7) is 4.39. The first-order valence-corrected chi connectivity index (χ1v) is 12.0. The van der Waals surface area contributed by atoms with Gasteiger partial charge >= 0.3 is 6.09 Å². The lowest BCUT2D eigenvalue weighted by Gasteiger charge is -2.18. The van der Waals surface area contributed by atoms with E-state index in [1.807, 2.05) is 0 Å². The van der Waals surface area contributed by atoms with Crippen LogP contribution in [0.2, 0.25) is 0 Å². The zero-order valence-electron chi connectivity index (χ0n) is 20.7. The third kappa shape index (κ3) is 11.2. The highest BCUT2D eigenvalue weighted by atomic mass is 16.5. The minimum atomic E-state index is -0.729. The highest BCUT2D eigenvalue weighted by Crippen LogP contribution is 2.12. The molecule has 1 rings (SSSR count). The van der Waals surface area contributed by atoms with Crippen molar-refractivity contribution in [1.82, 2.24) is 31.5 Å². The van der Waals surface area contributed by atoms with Gasteiger partial charge in [-0.05, 0) is 33.2 Å². The maximum Gasteiger partial charge on any atom is 0.407 e. The van der Waals surface area contributed by atoms with Gasteiger partial charge in [0.25, 0.3) is 0 Å². The van der Waals surface area contributed by atoms with Gasteiger partial charge in [-0.2, -0.15) is 0 Å².